The second-order valence-corrected chi connectivity index (χ2v) is 5.30. The molecule has 2 aromatic rings. The highest BCUT2D eigenvalue weighted by molar-refractivity contribution is 5.84. The Bertz CT molecular complexity index is 786. The van der Waals surface area contributed by atoms with Gasteiger partial charge in [0.2, 0.25) is 5.91 Å². The molecule has 2 atom stereocenters. The molecule has 0 fully saturated rings. The van der Waals surface area contributed by atoms with E-state index in [1.165, 1.54) is 0 Å². The Hall–Kier alpha value is -2.77. The Balaban J connectivity index is 2.47. The molecule has 1 aromatic carbocycles. The van der Waals surface area contributed by atoms with E-state index in [-0.39, 0.29) is 5.92 Å². The Morgan fingerprint density at radius 1 is 1.35 bits per heavy atom. The highest BCUT2D eigenvalue weighted by Crippen LogP contribution is 2.19. The number of hydrogen-bond acceptors (Lipinski definition) is 5. The highest BCUT2D eigenvalue weighted by atomic mass is 16.4. The average molecular weight is 318 g/mol. The van der Waals surface area contributed by atoms with Crippen LogP contribution in [0.1, 0.15) is 26.3 Å². The Morgan fingerprint density at radius 2 is 2.04 bits per heavy atom. The van der Waals surface area contributed by atoms with Crippen LogP contribution >= 0.6 is 0 Å². The third-order valence-electron chi connectivity index (χ3n) is 3.72. The van der Waals surface area contributed by atoms with Crippen molar-refractivity contribution in [2.24, 2.45) is 5.92 Å². The second kappa shape index (κ2) is 6.99. The number of aromatic nitrogens is 3. The Morgan fingerprint density at radius 3 is 2.70 bits per heavy atom. The van der Waals surface area contributed by atoms with Gasteiger partial charge in [-0.05, 0) is 18.1 Å². The Labute approximate surface area is 132 Å². The van der Waals surface area contributed by atoms with E-state index >= 15 is 0 Å². The molecule has 1 amide bonds. The second-order valence-electron chi connectivity index (χ2n) is 5.30. The standard InChI is InChI=1S/C15H18N4O4/c1-3-9(2)13(14(22)16-8-12(20)21)19-15(23)10-6-4-5-7-11(10)17-18-19/h4-7,9,13H,3,8H2,1-2H3,(H,16,22)(H,20,21)/t9?,13-/m0/s1. The van der Waals surface area contributed by atoms with E-state index in [0.717, 1.165) is 4.68 Å². The average Bonchev–Trinajstić information content (AvgIpc) is 2.55. The van der Waals surface area contributed by atoms with Gasteiger partial charge in [-0.2, -0.15) is 4.68 Å². The van der Waals surface area contributed by atoms with Crippen LogP contribution in [0.3, 0.4) is 0 Å². The smallest absolute Gasteiger partial charge is 0.322 e. The molecule has 0 saturated carbocycles. The molecule has 0 saturated heterocycles. The van der Waals surface area contributed by atoms with Crippen molar-refractivity contribution in [3.05, 3.63) is 34.6 Å². The zero-order valence-corrected chi connectivity index (χ0v) is 12.9. The number of benzene rings is 1. The molecule has 2 N–H and O–H groups in total. The van der Waals surface area contributed by atoms with Gasteiger partial charge in [-0.15, -0.1) is 5.10 Å². The molecule has 0 radical (unpaired) electrons. The van der Waals surface area contributed by atoms with Gasteiger partial charge in [0.25, 0.3) is 5.56 Å². The van der Waals surface area contributed by atoms with E-state index < -0.39 is 30.0 Å². The molecule has 1 aromatic heterocycles. The van der Waals surface area contributed by atoms with Crippen LogP contribution in [-0.2, 0) is 9.59 Å². The third-order valence-corrected chi connectivity index (χ3v) is 3.72. The molecule has 8 heteroatoms. The third kappa shape index (κ3) is 3.53. The van der Waals surface area contributed by atoms with Crippen molar-refractivity contribution in [1.82, 2.24) is 20.3 Å². The maximum absolute atomic E-state index is 12.6. The zero-order chi connectivity index (χ0) is 17.0. The van der Waals surface area contributed by atoms with E-state index in [9.17, 15) is 14.4 Å². The van der Waals surface area contributed by atoms with Crippen LogP contribution in [0.5, 0.6) is 0 Å². The fraction of sp³-hybridized carbons (Fsp3) is 0.400. The minimum absolute atomic E-state index is 0.211. The van der Waals surface area contributed by atoms with E-state index in [4.69, 9.17) is 5.11 Å². The normalized spacial score (nSPS) is 13.5. The molecule has 1 heterocycles. The fourth-order valence-corrected chi connectivity index (χ4v) is 2.29. The van der Waals surface area contributed by atoms with Crippen LogP contribution < -0.4 is 10.9 Å². The Kier molecular flexibility index (Phi) is 5.05. The topological polar surface area (TPSA) is 114 Å². The fourth-order valence-electron chi connectivity index (χ4n) is 2.29. The minimum Gasteiger partial charge on any atom is -0.480 e. The number of nitrogens with zero attached hydrogens (tertiary/aromatic N) is 3. The van der Waals surface area contributed by atoms with Gasteiger partial charge in [-0.1, -0.05) is 37.6 Å². The lowest BCUT2D eigenvalue weighted by Crippen LogP contribution is -2.43. The summed E-state index contributed by atoms with van der Waals surface area (Å²) < 4.78 is 1.04. The summed E-state index contributed by atoms with van der Waals surface area (Å²) >= 11 is 0. The van der Waals surface area contributed by atoms with Crippen molar-refractivity contribution >= 4 is 22.8 Å². The molecule has 0 bridgehead atoms. The van der Waals surface area contributed by atoms with Gasteiger partial charge in [0.15, 0.2) is 0 Å². The van der Waals surface area contributed by atoms with E-state index in [1.807, 2.05) is 6.92 Å². The van der Waals surface area contributed by atoms with Crippen molar-refractivity contribution in [3.8, 4) is 0 Å². The van der Waals surface area contributed by atoms with Gasteiger partial charge in [0, 0.05) is 0 Å². The number of rotatable bonds is 6. The van der Waals surface area contributed by atoms with Crippen LogP contribution in [0.4, 0.5) is 0 Å². The lowest BCUT2D eigenvalue weighted by atomic mass is 9.98. The molecule has 122 valence electrons. The molecular formula is C15H18N4O4. The molecule has 0 spiro atoms. The van der Waals surface area contributed by atoms with Crippen molar-refractivity contribution in [1.29, 1.82) is 0 Å². The number of amides is 1. The predicted octanol–water partition coefficient (Wildman–Crippen LogP) is 0.579. The summed E-state index contributed by atoms with van der Waals surface area (Å²) in [7, 11) is 0. The lowest BCUT2D eigenvalue weighted by Gasteiger charge is -2.22. The molecule has 8 nitrogen and oxygen atoms in total. The van der Waals surface area contributed by atoms with E-state index in [2.05, 4.69) is 15.6 Å². The first kappa shape index (κ1) is 16.6. The predicted molar refractivity (Wildman–Crippen MR) is 82.9 cm³/mol. The van der Waals surface area contributed by atoms with Gasteiger partial charge in [-0.25, -0.2) is 0 Å². The maximum Gasteiger partial charge on any atom is 0.322 e. The number of fused-ring (bicyclic) bond motifs is 1. The van der Waals surface area contributed by atoms with E-state index in [0.29, 0.717) is 17.3 Å². The summed E-state index contributed by atoms with van der Waals surface area (Å²) in [4.78, 5) is 35.6. The quantitative estimate of drug-likeness (QED) is 0.805. The van der Waals surface area contributed by atoms with Gasteiger partial charge >= 0.3 is 5.97 Å². The number of carbonyl (C=O) groups excluding carboxylic acids is 1. The SMILES string of the molecule is CCC(C)[C@@H](C(=O)NCC(=O)O)n1nnc2ccccc2c1=O. The number of carboxylic acids is 1. The summed E-state index contributed by atoms with van der Waals surface area (Å²) in [5.41, 5.74) is 0.0222. The lowest BCUT2D eigenvalue weighted by molar-refractivity contribution is -0.138. The summed E-state index contributed by atoms with van der Waals surface area (Å²) in [5.74, 6) is -1.93. The minimum atomic E-state index is -1.15. The summed E-state index contributed by atoms with van der Waals surface area (Å²) in [6, 6.07) is 5.82. The van der Waals surface area contributed by atoms with Gasteiger partial charge in [0.1, 0.15) is 18.1 Å². The summed E-state index contributed by atoms with van der Waals surface area (Å²) in [6.45, 7) is 3.16. The molecular weight excluding hydrogens is 300 g/mol. The highest BCUT2D eigenvalue weighted by Gasteiger charge is 2.29. The van der Waals surface area contributed by atoms with Crippen LogP contribution in [0, 0.1) is 5.92 Å². The maximum atomic E-state index is 12.6. The molecule has 0 aliphatic carbocycles. The van der Waals surface area contributed by atoms with E-state index in [1.54, 1.807) is 31.2 Å². The number of hydrogen-bond donors (Lipinski definition) is 2. The number of nitrogens with one attached hydrogen (secondary N) is 1. The first-order chi connectivity index (χ1) is 11.0. The molecule has 0 aliphatic heterocycles. The van der Waals surface area contributed by atoms with Crippen molar-refractivity contribution < 1.29 is 14.7 Å². The first-order valence-electron chi connectivity index (χ1n) is 7.29. The van der Waals surface area contributed by atoms with Crippen LogP contribution in [0.15, 0.2) is 29.1 Å². The van der Waals surface area contributed by atoms with Crippen LogP contribution in [-0.4, -0.2) is 38.5 Å². The van der Waals surface area contributed by atoms with Crippen molar-refractivity contribution in [3.63, 3.8) is 0 Å². The van der Waals surface area contributed by atoms with Crippen LogP contribution in [0.2, 0.25) is 0 Å². The van der Waals surface area contributed by atoms with Crippen molar-refractivity contribution in [2.75, 3.05) is 6.54 Å². The number of aliphatic carboxylic acids is 1. The van der Waals surface area contributed by atoms with Crippen LogP contribution in [0.25, 0.3) is 10.9 Å². The molecule has 1 unspecified atom stereocenters. The van der Waals surface area contributed by atoms with Gasteiger partial charge < -0.3 is 10.4 Å². The monoisotopic (exact) mass is 318 g/mol. The summed E-state index contributed by atoms with van der Waals surface area (Å²) in [6.07, 6.45) is 0.617. The zero-order valence-electron chi connectivity index (χ0n) is 12.9. The first-order valence-corrected chi connectivity index (χ1v) is 7.29. The molecule has 2 rings (SSSR count). The van der Waals surface area contributed by atoms with Gasteiger partial charge in [-0.3, -0.25) is 14.4 Å². The summed E-state index contributed by atoms with van der Waals surface area (Å²) in [5, 5.41) is 19.2. The number of carbonyl (C=O) groups is 2. The van der Waals surface area contributed by atoms with Crippen molar-refractivity contribution in [2.45, 2.75) is 26.3 Å². The van der Waals surface area contributed by atoms with Gasteiger partial charge in [0.05, 0.1) is 5.39 Å². The number of carboxylic acid groups (broad SMARTS) is 1. The molecule has 0 aliphatic rings. The largest absolute Gasteiger partial charge is 0.480 e. The molecule has 23 heavy (non-hydrogen) atoms.